The molecule has 0 amide bonds. The molecular weight excluding hydrogens is 494 g/mol. The predicted octanol–water partition coefficient (Wildman–Crippen LogP) is 6.05. The van der Waals surface area contributed by atoms with Crippen molar-refractivity contribution in [3.8, 4) is 17.2 Å². The van der Waals surface area contributed by atoms with Gasteiger partial charge in [-0.1, -0.05) is 19.0 Å². The van der Waals surface area contributed by atoms with Crippen LogP contribution in [0.1, 0.15) is 44.2 Å². The summed E-state index contributed by atoms with van der Waals surface area (Å²) in [4.78, 5) is 15.6. The van der Waals surface area contributed by atoms with Crippen molar-refractivity contribution in [2.75, 3.05) is 0 Å². The van der Waals surface area contributed by atoms with Crippen LogP contribution in [0.15, 0.2) is 44.4 Å². The number of aliphatic carboxylic acids is 1. The molecule has 2 aromatic rings. The minimum Gasteiger partial charge on any atom is -0.508 e. The van der Waals surface area contributed by atoms with Crippen molar-refractivity contribution in [1.82, 2.24) is 0 Å². The fraction of sp³-hybridized carbons (Fsp3) is 0.300. The van der Waals surface area contributed by atoms with Crippen molar-refractivity contribution in [1.29, 1.82) is 0 Å². The van der Waals surface area contributed by atoms with E-state index in [0.29, 0.717) is 26.0 Å². The van der Waals surface area contributed by atoms with Crippen molar-refractivity contribution in [2.24, 2.45) is 5.16 Å². The first-order valence-corrected chi connectivity index (χ1v) is 10.2. The van der Waals surface area contributed by atoms with Crippen LogP contribution in [0.4, 0.5) is 0 Å². The van der Waals surface area contributed by atoms with Gasteiger partial charge in [0.25, 0.3) is 0 Å². The number of aromatic hydroxyl groups is 1. The Hall–Kier alpha value is -2.06. The molecule has 0 saturated carbocycles. The molecule has 0 radical (unpaired) electrons. The van der Waals surface area contributed by atoms with Gasteiger partial charge in [0.05, 0.1) is 15.2 Å². The minimum absolute atomic E-state index is 0.210. The Labute approximate surface area is 180 Å². The molecule has 0 aliphatic carbocycles. The quantitative estimate of drug-likeness (QED) is 0.331. The minimum atomic E-state index is -1.09. The van der Waals surface area contributed by atoms with Gasteiger partial charge < -0.3 is 19.8 Å². The van der Waals surface area contributed by atoms with Gasteiger partial charge in [0.1, 0.15) is 11.5 Å². The largest absolute Gasteiger partial charge is 0.508 e. The van der Waals surface area contributed by atoms with E-state index in [2.05, 4.69) is 43.9 Å². The van der Waals surface area contributed by atoms with E-state index in [4.69, 9.17) is 14.7 Å². The third-order valence-corrected chi connectivity index (χ3v) is 5.33. The van der Waals surface area contributed by atoms with Crippen molar-refractivity contribution in [2.45, 2.75) is 39.2 Å². The van der Waals surface area contributed by atoms with Gasteiger partial charge in [-0.25, -0.2) is 4.79 Å². The van der Waals surface area contributed by atoms with E-state index in [9.17, 15) is 9.90 Å². The number of carboxylic acids is 1. The molecule has 2 atom stereocenters. The fourth-order valence-electron chi connectivity index (χ4n) is 2.31. The Morgan fingerprint density at radius 1 is 1.21 bits per heavy atom. The Kier molecular flexibility index (Phi) is 7.88. The first kappa shape index (κ1) is 22.2. The number of hydrogen-bond acceptors (Lipinski definition) is 5. The topological polar surface area (TPSA) is 88.4 Å². The number of carboxylic acid groups (broad SMARTS) is 1. The van der Waals surface area contributed by atoms with E-state index >= 15 is 0 Å². The zero-order valence-corrected chi connectivity index (χ0v) is 18.8. The highest BCUT2D eigenvalue weighted by molar-refractivity contribution is 9.11. The number of ether oxygens (including phenoxy) is 1. The molecule has 0 saturated heterocycles. The van der Waals surface area contributed by atoms with Crippen LogP contribution in [0.2, 0.25) is 0 Å². The number of benzene rings is 2. The SMILES string of the molecule is CCC(C)c1cc(Oc2c(Br)cc(/C=N\OC(C)C(=O)O)cc2Br)ccc1O. The van der Waals surface area contributed by atoms with Crippen molar-refractivity contribution in [3.63, 3.8) is 0 Å². The van der Waals surface area contributed by atoms with Crippen molar-refractivity contribution in [3.05, 3.63) is 50.4 Å². The van der Waals surface area contributed by atoms with Crippen LogP contribution >= 0.6 is 31.9 Å². The maximum Gasteiger partial charge on any atom is 0.347 e. The summed E-state index contributed by atoms with van der Waals surface area (Å²) < 4.78 is 7.35. The van der Waals surface area contributed by atoms with Gasteiger partial charge in [-0.15, -0.1) is 0 Å². The zero-order valence-electron chi connectivity index (χ0n) is 15.6. The molecule has 0 heterocycles. The van der Waals surface area contributed by atoms with Crippen molar-refractivity contribution < 1.29 is 24.6 Å². The molecule has 0 aromatic heterocycles. The summed E-state index contributed by atoms with van der Waals surface area (Å²) in [6.45, 7) is 5.51. The molecule has 2 N–H and O–H groups in total. The van der Waals surface area contributed by atoms with Crippen LogP contribution in [0.25, 0.3) is 0 Å². The lowest BCUT2D eigenvalue weighted by molar-refractivity contribution is -0.149. The molecule has 6 nitrogen and oxygen atoms in total. The summed E-state index contributed by atoms with van der Waals surface area (Å²) in [5.41, 5.74) is 1.52. The lowest BCUT2D eigenvalue weighted by Gasteiger charge is -2.15. The van der Waals surface area contributed by atoms with E-state index in [0.717, 1.165) is 12.0 Å². The van der Waals surface area contributed by atoms with Crippen molar-refractivity contribution >= 4 is 44.0 Å². The van der Waals surface area contributed by atoms with E-state index in [1.165, 1.54) is 13.1 Å². The summed E-state index contributed by atoms with van der Waals surface area (Å²) in [5, 5.41) is 22.5. The number of nitrogens with zero attached hydrogens (tertiary/aromatic N) is 1. The lowest BCUT2D eigenvalue weighted by Crippen LogP contribution is -2.17. The first-order valence-electron chi connectivity index (χ1n) is 8.64. The van der Waals surface area contributed by atoms with E-state index in [1.807, 2.05) is 13.0 Å². The highest BCUT2D eigenvalue weighted by Gasteiger charge is 2.14. The number of halogens is 2. The monoisotopic (exact) mass is 513 g/mol. The summed E-state index contributed by atoms with van der Waals surface area (Å²) in [6.07, 6.45) is 1.29. The number of hydrogen-bond donors (Lipinski definition) is 2. The molecule has 0 fully saturated rings. The molecule has 0 aliphatic rings. The molecular formula is C20H21Br2NO5. The summed E-state index contributed by atoms with van der Waals surface area (Å²) in [7, 11) is 0. The zero-order chi connectivity index (χ0) is 20.8. The van der Waals surface area contributed by atoms with Crippen LogP contribution in [0, 0.1) is 0 Å². The molecule has 0 aliphatic heterocycles. The van der Waals surface area contributed by atoms with E-state index in [-0.39, 0.29) is 11.7 Å². The molecule has 2 unspecified atom stereocenters. The van der Waals surface area contributed by atoms with E-state index in [1.54, 1.807) is 24.3 Å². The Morgan fingerprint density at radius 2 is 1.86 bits per heavy atom. The maximum absolute atomic E-state index is 10.7. The summed E-state index contributed by atoms with van der Waals surface area (Å²) in [5.74, 6) is 0.547. The second kappa shape index (κ2) is 9.93. The number of phenols is 1. The fourth-order valence-corrected chi connectivity index (χ4v) is 3.69. The van der Waals surface area contributed by atoms with Gasteiger partial charge in [-0.3, -0.25) is 0 Å². The average molecular weight is 515 g/mol. The van der Waals surface area contributed by atoms with Crippen LogP contribution < -0.4 is 4.74 Å². The number of rotatable bonds is 8. The van der Waals surface area contributed by atoms with Crippen LogP contribution in [0.3, 0.4) is 0 Å². The van der Waals surface area contributed by atoms with Crippen LogP contribution in [-0.2, 0) is 9.63 Å². The predicted molar refractivity (Wildman–Crippen MR) is 115 cm³/mol. The number of oxime groups is 1. The average Bonchev–Trinajstić information content (AvgIpc) is 2.65. The van der Waals surface area contributed by atoms with Gasteiger partial charge in [0.15, 0.2) is 5.75 Å². The first-order chi connectivity index (χ1) is 13.2. The molecule has 150 valence electrons. The standard InChI is InChI=1S/C20H21Br2NO5/c1-4-11(2)15-9-14(5-6-18(15)24)27-19-16(21)7-13(8-17(19)22)10-23-28-12(3)20(25)26/h5-12,24H,4H2,1-3H3,(H,25,26)/b23-10-. The maximum atomic E-state index is 10.7. The van der Waals surface area contributed by atoms with Gasteiger partial charge in [0.2, 0.25) is 6.10 Å². The smallest absolute Gasteiger partial charge is 0.347 e. The lowest BCUT2D eigenvalue weighted by atomic mass is 9.97. The normalized spacial score (nSPS) is 13.3. The van der Waals surface area contributed by atoms with Gasteiger partial charge in [-0.2, -0.15) is 0 Å². The van der Waals surface area contributed by atoms with E-state index < -0.39 is 12.1 Å². The third kappa shape index (κ3) is 5.72. The van der Waals surface area contributed by atoms with Gasteiger partial charge >= 0.3 is 5.97 Å². The Balaban J connectivity index is 2.22. The molecule has 2 rings (SSSR count). The summed E-state index contributed by atoms with van der Waals surface area (Å²) >= 11 is 6.95. The Morgan fingerprint density at radius 3 is 2.43 bits per heavy atom. The molecule has 28 heavy (non-hydrogen) atoms. The highest BCUT2D eigenvalue weighted by Crippen LogP contribution is 2.39. The molecule has 0 spiro atoms. The second-order valence-electron chi connectivity index (χ2n) is 6.27. The molecule has 0 bridgehead atoms. The van der Waals surface area contributed by atoms with Crippen LogP contribution in [-0.4, -0.2) is 28.5 Å². The number of phenolic OH excluding ortho intramolecular Hbond substituents is 1. The second-order valence-corrected chi connectivity index (χ2v) is 7.97. The molecule has 8 heteroatoms. The van der Waals surface area contributed by atoms with Gasteiger partial charge in [0, 0.05) is 5.56 Å². The number of carbonyl (C=O) groups is 1. The molecule has 2 aromatic carbocycles. The van der Waals surface area contributed by atoms with Gasteiger partial charge in [-0.05, 0) is 87.0 Å². The highest BCUT2D eigenvalue weighted by atomic mass is 79.9. The third-order valence-electron chi connectivity index (χ3n) is 4.15. The summed E-state index contributed by atoms with van der Waals surface area (Å²) in [6, 6.07) is 8.71. The van der Waals surface area contributed by atoms with Crippen LogP contribution in [0.5, 0.6) is 17.2 Å². The Bertz CT molecular complexity index is 862.